The van der Waals surface area contributed by atoms with E-state index in [1.165, 1.54) is 0 Å². The van der Waals surface area contributed by atoms with Crippen molar-refractivity contribution < 1.29 is 13.2 Å². The third-order valence-electron chi connectivity index (χ3n) is 3.39. The van der Waals surface area contributed by atoms with Crippen molar-refractivity contribution in [2.45, 2.75) is 31.1 Å². The fourth-order valence-electron chi connectivity index (χ4n) is 2.06. The number of aryl methyl sites for hydroxylation is 1. The molecule has 1 heterocycles. The van der Waals surface area contributed by atoms with Crippen molar-refractivity contribution in [3.05, 3.63) is 54.2 Å². The Morgan fingerprint density at radius 1 is 1.08 bits per heavy atom. The minimum Gasteiger partial charge on any atom is -0.311 e. The van der Waals surface area contributed by atoms with Crippen molar-refractivity contribution in [2.75, 3.05) is 11.9 Å². The van der Waals surface area contributed by atoms with Crippen LogP contribution in [0.4, 0.5) is 5.82 Å². The molecule has 0 aliphatic carbocycles. The summed E-state index contributed by atoms with van der Waals surface area (Å²) in [6, 6.07) is 12.0. The summed E-state index contributed by atoms with van der Waals surface area (Å²) in [4.78, 5) is 16.0. The van der Waals surface area contributed by atoms with Crippen LogP contribution in [0.15, 0.2) is 53.6 Å². The average molecular weight is 347 g/mol. The number of pyridine rings is 1. The van der Waals surface area contributed by atoms with Crippen LogP contribution in [0.1, 0.15) is 24.8 Å². The summed E-state index contributed by atoms with van der Waals surface area (Å²) in [5.74, 6) is 0.387. The molecule has 1 amide bonds. The lowest BCUT2D eigenvalue weighted by Crippen LogP contribution is -2.25. The smallest absolute Gasteiger partial charge is 0.240 e. The van der Waals surface area contributed by atoms with E-state index in [1.807, 2.05) is 6.92 Å². The van der Waals surface area contributed by atoms with Gasteiger partial charge in [-0.05, 0) is 44.0 Å². The van der Waals surface area contributed by atoms with E-state index >= 15 is 0 Å². The van der Waals surface area contributed by atoms with Crippen LogP contribution in [0.25, 0.3) is 0 Å². The lowest BCUT2D eigenvalue weighted by molar-refractivity contribution is -0.116. The summed E-state index contributed by atoms with van der Waals surface area (Å²) in [5, 5.41) is 2.69. The van der Waals surface area contributed by atoms with Crippen LogP contribution in [-0.2, 0) is 14.8 Å². The Morgan fingerprint density at radius 3 is 2.50 bits per heavy atom. The number of carbonyl (C=O) groups is 1. The summed E-state index contributed by atoms with van der Waals surface area (Å²) >= 11 is 0. The van der Waals surface area contributed by atoms with Gasteiger partial charge >= 0.3 is 0 Å². The van der Waals surface area contributed by atoms with Gasteiger partial charge in [0.15, 0.2) is 0 Å². The molecule has 128 valence electrons. The number of hydrogen-bond donors (Lipinski definition) is 2. The molecule has 6 nitrogen and oxygen atoms in total. The first-order valence-corrected chi connectivity index (χ1v) is 9.23. The lowest BCUT2D eigenvalue weighted by Gasteiger charge is -2.07. The molecule has 0 spiro atoms. The van der Waals surface area contributed by atoms with Gasteiger partial charge in [0.25, 0.3) is 0 Å². The molecule has 24 heavy (non-hydrogen) atoms. The normalized spacial score (nSPS) is 11.2. The molecule has 0 aliphatic heterocycles. The van der Waals surface area contributed by atoms with Gasteiger partial charge < -0.3 is 5.32 Å². The Balaban J connectivity index is 1.69. The SMILES string of the molecule is Cc1ccc(S(=O)(=O)NCCCCC(=O)Nc2ccccn2)cc1. The second kappa shape index (κ2) is 8.56. The lowest BCUT2D eigenvalue weighted by atomic mass is 10.2. The molecule has 1 aromatic heterocycles. The minimum absolute atomic E-state index is 0.130. The van der Waals surface area contributed by atoms with Crippen molar-refractivity contribution >= 4 is 21.7 Å². The number of aromatic nitrogens is 1. The summed E-state index contributed by atoms with van der Waals surface area (Å²) in [6.07, 6.45) is 3.11. The molecule has 0 fully saturated rings. The van der Waals surface area contributed by atoms with Gasteiger partial charge in [0.1, 0.15) is 5.82 Å². The molecule has 0 saturated heterocycles. The molecule has 1 aromatic carbocycles. The molecule has 2 rings (SSSR count). The number of nitrogens with zero attached hydrogens (tertiary/aromatic N) is 1. The first-order chi connectivity index (χ1) is 11.5. The largest absolute Gasteiger partial charge is 0.311 e. The molecule has 0 atom stereocenters. The second-order valence-corrected chi connectivity index (χ2v) is 7.20. The number of anilines is 1. The van der Waals surface area contributed by atoms with E-state index in [9.17, 15) is 13.2 Å². The predicted octanol–water partition coefficient (Wildman–Crippen LogP) is 2.48. The number of nitrogens with one attached hydrogen (secondary N) is 2. The highest BCUT2D eigenvalue weighted by atomic mass is 32.2. The Labute approximate surface area is 142 Å². The standard InChI is InChI=1S/C17H21N3O3S/c1-14-8-10-15(11-9-14)24(22,23)19-13-5-3-7-17(21)20-16-6-2-4-12-18-16/h2,4,6,8-12,19H,3,5,7,13H2,1H3,(H,18,20,21). The Bertz CT molecular complexity index is 759. The first kappa shape index (κ1) is 18.1. The Hall–Kier alpha value is -2.25. The summed E-state index contributed by atoms with van der Waals surface area (Å²) in [5.41, 5.74) is 1.01. The highest BCUT2D eigenvalue weighted by Crippen LogP contribution is 2.10. The second-order valence-electron chi connectivity index (χ2n) is 5.43. The summed E-state index contributed by atoms with van der Waals surface area (Å²) in [6.45, 7) is 2.20. The molecular formula is C17H21N3O3S. The van der Waals surface area contributed by atoms with Crippen LogP contribution < -0.4 is 10.0 Å². The number of benzene rings is 1. The highest BCUT2D eigenvalue weighted by Gasteiger charge is 2.12. The van der Waals surface area contributed by atoms with Crippen LogP contribution in [-0.4, -0.2) is 25.9 Å². The van der Waals surface area contributed by atoms with Gasteiger partial charge in [-0.15, -0.1) is 0 Å². The molecule has 0 radical (unpaired) electrons. The molecule has 0 aliphatic rings. The Morgan fingerprint density at radius 2 is 1.83 bits per heavy atom. The van der Waals surface area contributed by atoms with Crippen molar-refractivity contribution in [1.29, 1.82) is 0 Å². The minimum atomic E-state index is -3.49. The van der Waals surface area contributed by atoms with E-state index in [1.54, 1.807) is 48.7 Å². The van der Waals surface area contributed by atoms with Gasteiger partial charge in [0.05, 0.1) is 4.90 Å². The zero-order chi connectivity index (χ0) is 17.4. The van der Waals surface area contributed by atoms with Crippen LogP contribution in [0.2, 0.25) is 0 Å². The van der Waals surface area contributed by atoms with Crippen molar-refractivity contribution in [2.24, 2.45) is 0 Å². The van der Waals surface area contributed by atoms with E-state index < -0.39 is 10.0 Å². The molecule has 2 aromatic rings. The van der Waals surface area contributed by atoms with E-state index in [-0.39, 0.29) is 10.8 Å². The maximum absolute atomic E-state index is 12.1. The maximum Gasteiger partial charge on any atom is 0.240 e. The quantitative estimate of drug-likeness (QED) is 0.718. The van der Waals surface area contributed by atoms with Crippen LogP contribution >= 0.6 is 0 Å². The van der Waals surface area contributed by atoms with Gasteiger partial charge in [-0.1, -0.05) is 23.8 Å². The third-order valence-corrected chi connectivity index (χ3v) is 4.86. The van der Waals surface area contributed by atoms with E-state index in [0.717, 1.165) is 5.56 Å². The van der Waals surface area contributed by atoms with Gasteiger partial charge in [0.2, 0.25) is 15.9 Å². The number of unbranched alkanes of at least 4 members (excludes halogenated alkanes) is 1. The van der Waals surface area contributed by atoms with Crippen LogP contribution in [0, 0.1) is 6.92 Å². The van der Waals surface area contributed by atoms with Crippen LogP contribution in [0.5, 0.6) is 0 Å². The summed E-state index contributed by atoms with van der Waals surface area (Å²) in [7, 11) is -3.49. The molecule has 0 saturated carbocycles. The predicted molar refractivity (Wildman–Crippen MR) is 93.1 cm³/mol. The number of amides is 1. The third kappa shape index (κ3) is 5.75. The zero-order valence-corrected chi connectivity index (χ0v) is 14.3. The van der Waals surface area contributed by atoms with E-state index in [2.05, 4.69) is 15.0 Å². The fraction of sp³-hybridized carbons (Fsp3) is 0.294. The molecule has 2 N–H and O–H groups in total. The van der Waals surface area contributed by atoms with Crippen molar-refractivity contribution in [3.8, 4) is 0 Å². The van der Waals surface area contributed by atoms with Gasteiger partial charge in [-0.25, -0.2) is 18.1 Å². The van der Waals surface area contributed by atoms with Gasteiger partial charge in [-0.2, -0.15) is 0 Å². The molecule has 0 unspecified atom stereocenters. The number of hydrogen-bond acceptors (Lipinski definition) is 4. The van der Waals surface area contributed by atoms with Gasteiger partial charge in [0, 0.05) is 19.2 Å². The average Bonchev–Trinajstić information content (AvgIpc) is 2.56. The fourth-order valence-corrected chi connectivity index (χ4v) is 3.13. The maximum atomic E-state index is 12.1. The highest BCUT2D eigenvalue weighted by molar-refractivity contribution is 7.89. The number of sulfonamides is 1. The zero-order valence-electron chi connectivity index (χ0n) is 13.5. The number of carbonyl (C=O) groups excluding carboxylic acids is 1. The molecule has 7 heteroatoms. The molecular weight excluding hydrogens is 326 g/mol. The molecule has 0 bridgehead atoms. The van der Waals surface area contributed by atoms with E-state index in [0.29, 0.717) is 31.6 Å². The van der Waals surface area contributed by atoms with Crippen molar-refractivity contribution in [1.82, 2.24) is 9.71 Å². The Kier molecular flexibility index (Phi) is 6.45. The monoisotopic (exact) mass is 347 g/mol. The number of rotatable bonds is 8. The van der Waals surface area contributed by atoms with Crippen molar-refractivity contribution in [3.63, 3.8) is 0 Å². The first-order valence-electron chi connectivity index (χ1n) is 7.74. The van der Waals surface area contributed by atoms with Gasteiger partial charge in [-0.3, -0.25) is 4.79 Å². The summed E-state index contributed by atoms with van der Waals surface area (Å²) < 4.78 is 26.7. The van der Waals surface area contributed by atoms with E-state index in [4.69, 9.17) is 0 Å². The topological polar surface area (TPSA) is 88.2 Å². The van der Waals surface area contributed by atoms with Crippen LogP contribution in [0.3, 0.4) is 0 Å².